The van der Waals surface area contributed by atoms with Crippen molar-refractivity contribution in [1.82, 2.24) is 4.90 Å². The number of piperidine rings is 1. The molecule has 2 aliphatic heterocycles. The molecule has 4 rings (SSSR count). The molecule has 2 aliphatic rings. The second-order valence-electron chi connectivity index (χ2n) is 10.0. The number of hydrogen-bond donors (Lipinski definition) is 0. The van der Waals surface area contributed by atoms with E-state index in [9.17, 15) is 0 Å². The normalized spacial score (nSPS) is 21.2. The van der Waals surface area contributed by atoms with Crippen LogP contribution in [0.5, 0.6) is 11.5 Å². The molecule has 0 saturated carbocycles. The second kappa shape index (κ2) is 10.6. The van der Waals surface area contributed by atoms with Gasteiger partial charge in [-0.15, -0.1) is 0 Å². The first kappa shape index (κ1) is 24.2. The number of halogens is 1. The predicted molar refractivity (Wildman–Crippen MR) is 138 cm³/mol. The maximum absolute atomic E-state index is 6.25. The van der Waals surface area contributed by atoms with Crippen molar-refractivity contribution < 1.29 is 9.47 Å². The highest BCUT2D eigenvalue weighted by atomic mass is 35.5. The molecule has 0 aliphatic carbocycles. The van der Waals surface area contributed by atoms with Crippen LogP contribution in [0.15, 0.2) is 30.3 Å². The third-order valence-corrected chi connectivity index (χ3v) is 7.85. The Morgan fingerprint density at radius 1 is 1.03 bits per heavy atom. The molecular formula is C28H39ClN2O2. The number of hydrogen-bond acceptors (Lipinski definition) is 4. The largest absolute Gasteiger partial charge is 0.495 e. The van der Waals surface area contributed by atoms with Gasteiger partial charge < -0.3 is 14.4 Å². The Morgan fingerprint density at radius 3 is 2.61 bits per heavy atom. The Bertz CT molecular complexity index is 961. The highest BCUT2D eigenvalue weighted by Crippen LogP contribution is 2.40. The first-order chi connectivity index (χ1) is 15.9. The van der Waals surface area contributed by atoms with Crippen LogP contribution in [0.2, 0.25) is 5.02 Å². The first-order valence-electron chi connectivity index (χ1n) is 12.5. The third-order valence-electron chi connectivity index (χ3n) is 7.53. The summed E-state index contributed by atoms with van der Waals surface area (Å²) in [6, 6.07) is 11.7. The molecule has 180 valence electrons. The topological polar surface area (TPSA) is 24.9 Å². The Balaban J connectivity index is 1.48. The van der Waals surface area contributed by atoms with E-state index in [0.717, 1.165) is 44.2 Å². The molecule has 5 heteroatoms. The standard InChI is InChI=1S/C28H39ClN2O2/c1-19(2)13-16-33-27-12-10-24(20(3)21(27)4)26-8-6-7-23-18-30(14-15-31(23)26)22-9-11-25(29)28(17-22)32-5/h9-12,17,19,23,26H,6-8,13-16,18H2,1-5H3/t23?,26-/m1/s1. The predicted octanol–water partition coefficient (Wildman–Crippen LogP) is 6.81. The van der Waals surface area contributed by atoms with Gasteiger partial charge >= 0.3 is 0 Å². The lowest BCUT2D eigenvalue weighted by atomic mass is 9.86. The molecule has 2 aromatic carbocycles. The average molecular weight is 471 g/mol. The van der Waals surface area contributed by atoms with Gasteiger partial charge in [-0.25, -0.2) is 0 Å². The van der Waals surface area contributed by atoms with Crippen LogP contribution < -0.4 is 14.4 Å². The lowest BCUT2D eigenvalue weighted by molar-refractivity contribution is 0.0712. The lowest BCUT2D eigenvalue weighted by Gasteiger charge is -2.49. The molecule has 0 bridgehead atoms. The van der Waals surface area contributed by atoms with Gasteiger partial charge in [0.1, 0.15) is 11.5 Å². The maximum atomic E-state index is 6.25. The molecule has 2 aromatic rings. The summed E-state index contributed by atoms with van der Waals surface area (Å²) >= 11 is 6.25. The van der Waals surface area contributed by atoms with Crippen molar-refractivity contribution in [2.45, 2.75) is 65.5 Å². The molecule has 2 fully saturated rings. The van der Waals surface area contributed by atoms with E-state index in [2.05, 4.69) is 61.8 Å². The van der Waals surface area contributed by atoms with E-state index >= 15 is 0 Å². The summed E-state index contributed by atoms with van der Waals surface area (Å²) in [5.41, 5.74) is 5.38. The number of methoxy groups -OCH3 is 1. The summed E-state index contributed by atoms with van der Waals surface area (Å²) in [6.45, 7) is 12.9. The molecule has 2 atom stereocenters. The fraction of sp³-hybridized carbons (Fsp3) is 0.571. The molecule has 2 heterocycles. The van der Waals surface area contributed by atoms with Crippen LogP contribution in [0.3, 0.4) is 0 Å². The Hall–Kier alpha value is -1.91. The van der Waals surface area contributed by atoms with Crippen molar-refractivity contribution >= 4 is 17.3 Å². The molecular weight excluding hydrogens is 432 g/mol. The lowest BCUT2D eigenvalue weighted by Crippen LogP contribution is -2.56. The first-order valence-corrected chi connectivity index (χ1v) is 12.8. The summed E-state index contributed by atoms with van der Waals surface area (Å²) in [5, 5.41) is 0.667. The molecule has 0 spiro atoms. The van der Waals surface area contributed by atoms with Crippen molar-refractivity contribution in [3.63, 3.8) is 0 Å². The number of rotatable bonds is 7. The van der Waals surface area contributed by atoms with E-state index in [4.69, 9.17) is 21.1 Å². The number of anilines is 1. The van der Waals surface area contributed by atoms with Crippen LogP contribution in [-0.4, -0.2) is 44.3 Å². The van der Waals surface area contributed by atoms with E-state index in [1.807, 2.05) is 6.07 Å². The van der Waals surface area contributed by atoms with Crippen molar-refractivity contribution in [1.29, 1.82) is 0 Å². The highest BCUT2D eigenvalue weighted by molar-refractivity contribution is 6.32. The highest BCUT2D eigenvalue weighted by Gasteiger charge is 2.36. The average Bonchev–Trinajstić information content (AvgIpc) is 2.81. The third kappa shape index (κ3) is 5.27. The monoisotopic (exact) mass is 470 g/mol. The van der Waals surface area contributed by atoms with E-state index in [-0.39, 0.29) is 0 Å². The van der Waals surface area contributed by atoms with Gasteiger partial charge in [-0.3, -0.25) is 4.90 Å². The van der Waals surface area contributed by atoms with Crippen LogP contribution in [0.1, 0.15) is 62.3 Å². The number of piperazine rings is 1. The van der Waals surface area contributed by atoms with Crippen molar-refractivity contribution in [3.8, 4) is 11.5 Å². The molecule has 1 unspecified atom stereocenters. The van der Waals surface area contributed by atoms with E-state index in [1.165, 1.54) is 41.6 Å². The summed E-state index contributed by atoms with van der Waals surface area (Å²) in [4.78, 5) is 5.25. The van der Waals surface area contributed by atoms with Crippen molar-refractivity contribution in [2.75, 3.05) is 38.3 Å². The van der Waals surface area contributed by atoms with Gasteiger partial charge in [0.05, 0.1) is 18.7 Å². The van der Waals surface area contributed by atoms with Gasteiger partial charge in [0.15, 0.2) is 0 Å². The van der Waals surface area contributed by atoms with Gasteiger partial charge in [0.25, 0.3) is 0 Å². The molecule has 0 N–H and O–H groups in total. The zero-order chi connectivity index (χ0) is 23.5. The van der Waals surface area contributed by atoms with Crippen molar-refractivity contribution in [3.05, 3.63) is 52.0 Å². The molecule has 0 radical (unpaired) electrons. The minimum absolute atomic E-state index is 0.495. The molecule has 0 aromatic heterocycles. The van der Waals surface area contributed by atoms with Gasteiger partial charge in [-0.2, -0.15) is 0 Å². The van der Waals surface area contributed by atoms with Gasteiger partial charge in [-0.05, 0) is 80.3 Å². The Morgan fingerprint density at radius 2 is 1.85 bits per heavy atom. The number of ether oxygens (including phenoxy) is 2. The fourth-order valence-corrected chi connectivity index (χ4v) is 5.60. The quantitative estimate of drug-likeness (QED) is 0.444. The van der Waals surface area contributed by atoms with E-state index in [0.29, 0.717) is 23.0 Å². The molecule has 0 amide bonds. The van der Waals surface area contributed by atoms with Crippen LogP contribution in [0, 0.1) is 19.8 Å². The number of fused-ring (bicyclic) bond motifs is 1. The van der Waals surface area contributed by atoms with E-state index < -0.39 is 0 Å². The Labute approximate surface area is 204 Å². The van der Waals surface area contributed by atoms with E-state index in [1.54, 1.807) is 7.11 Å². The van der Waals surface area contributed by atoms with Crippen LogP contribution in [-0.2, 0) is 0 Å². The van der Waals surface area contributed by atoms with Crippen LogP contribution in [0.25, 0.3) is 0 Å². The second-order valence-corrected chi connectivity index (χ2v) is 10.4. The van der Waals surface area contributed by atoms with Gasteiger partial charge in [0, 0.05) is 43.5 Å². The SMILES string of the molecule is COc1cc(N2CCN3C(CCC[C@@H]3c3ccc(OCCC(C)C)c(C)c3C)C2)ccc1Cl. The maximum Gasteiger partial charge on any atom is 0.139 e. The minimum atomic E-state index is 0.495. The smallest absolute Gasteiger partial charge is 0.139 e. The zero-order valence-electron chi connectivity index (χ0n) is 20.9. The summed E-state index contributed by atoms with van der Waals surface area (Å²) in [5.74, 6) is 2.46. The van der Waals surface area contributed by atoms with Crippen LogP contribution in [0.4, 0.5) is 5.69 Å². The molecule has 2 saturated heterocycles. The summed E-state index contributed by atoms with van der Waals surface area (Å²) in [7, 11) is 1.68. The summed E-state index contributed by atoms with van der Waals surface area (Å²) in [6.07, 6.45) is 4.86. The van der Waals surface area contributed by atoms with Crippen molar-refractivity contribution in [2.24, 2.45) is 5.92 Å². The minimum Gasteiger partial charge on any atom is -0.495 e. The number of nitrogens with zero attached hydrogens (tertiary/aromatic N) is 2. The van der Waals surface area contributed by atoms with Gasteiger partial charge in [0.2, 0.25) is 0 Å². The zero-order valence-corrected chi connectivity index (χ0v) is 21.6. The fourth-order valence-electron chi connectivity index (χ4n) is 5.40. The summed E-state index contributed by atoms with van der Waals surface area (Å²) < 4.78 is 11.6. The molecule has 4 nitrogen and oxygen atoms in total. The molecule has 33 heavy (non-hydrogen) atoms. The number of benzene rings is 2. The van der Waals surface area contributed by atoms with Gasteiger partial charge in [-0.1, -0.05) is 31.5 Å². The van der Waals surface area contributed by atoms with Crippen LogP contribution >= 0.6 is 11.6 Å². The Kier molecular flexibility index (Phi) is 7.76.